The molecule has 1 aromatic heterocycles. The van der Waals surface area contributed by atoms with E-state index in [4.69, 9.17) is 0 Å². The third kappa shape index (κ3) is 2.36. The van der Waals surface area contributed by atoms with Crippen LogP contribution in [0.3, 0.4) is 0 Å². The molecule has 126 valence electrons. The smallest absolute Gasteiger partial charge is 0.280 e. The van der Waals surface area contributed by atoms with Crippen LogP contribution in [0.1, 0.15) is 10.4 Å². The van der Waals surface area contributed by atoms with Gasteiger partial charge in [0.25, 0.3) is 15.9 Å². The van der Waals surface area contributed by atoms with Crippen LogP contribution < -0.4 is 4.90 Å². The second-order valence-corrected chi connectivity index (χ2v) is 8.43. The molecule has 7 nitrogen and oxygen atoms in total. The van der Waals surface area contributed by atoms with Gasteiger partial charge in [-0.05, 0) is 19.1 Å². The first-order valence-electron chi connectivity index (χ1n) is 6.97. The van der Waals surface area contributed by atoms with Crippen LogP contribution in [0.25, 0.3) is 5.76 Å². The van der Waals surface area contributed by atoms with E-state index in [9.17, 15) is 18.3 Å². The van der Waals surface area contributed by atoms with Crippen LogP contribution in [-0.2, 0) is 14.8 Å². The summed E-state index contributed by atoms with van der Waals surface area (Å²) in [5.74, 6) is -1.02. The number of thiazole rings is 1. The number of fused-ring (bicyclic) bond motifs is 1. The van der Waals surface area contributed by atoms with Gasteiger partial charge in [-0.2, -0.15) is 0 Å². The van der Waals surface area contributed by atoms with Crippen molar-refractivity contribution < 1.29 is 18.3 Å². The largest absolute Gasteiger partial charge is 0.505 e. The highest BCUT2D eigenvalue weighted by Crippen LogP contribution is 2.35. The molecule has 0 spiro atoms. The first kappa shape index (κ1) is 16.5. The van der Waals surface area contributed by atoms with Crippen molar-refractivity contribution in [3.8, 4) is 0 Å². The summed E-state index contributed by atoms with van der Waals surface area (Å²) < 4.78 is 26.1. The number of hydrogen-bond donors (Lipinski definition) is 1. The van der Waals surface area contributed by atoms with Gasteiger partial charge in [0, 0.05) is 30.7 Å². The van der Waals surface area contributed by atoms with Crippen molar-refractivity contribution in [1.82, 2.24) is 9.29 Å². The lowest BCUT2D eigenvalue weighted by Gasteiger charge is -2.30. The maximum Gasteiger partial charge on any atom is 0.280 e. The minimum atomic E-state index is -3.91. The van der Waals surface area contributed by atoms with Crippen LogP contribution >= 0.6 is 11.3 Å². The summed E-state index contributed by atoms with van der Waals surface area (Å²) in [6, 6.07) is 6.03. The summed E-state index contributed by atoms with van der Waals surface area (Å²) >= 11 is 1.30. The predicted molar refractivity (Wildman–Crippen MR) is 91.2 cm³/mol. The molecule has 0 fully saturated rings. The molecular formula is C15H15N3O4S2. The molecule has 0 unspecified atom stereocenters. The number of carbonyl (C=O) groups is 1. The van der Waals surface area contributed by atoms with E-state index in [-0.39, 0.29) is 21.9 Å². The van der Waals surface area contributed by atoms with Gasteiger partial charge in [0.1, 0.15) is 0 Å². The summed E-state index contributed by atoms with van der Waals surface area (Å²) in [5, 5.41) is 10.9. The second-order valence-electron chi connectivity index (χ2n) is 5.28. The van der Waals surface area contributed by atoms with Crippen molar-refractivity contribution in [2.45, 2.75) is 11.8 Å². The van der Waals surface area contributed by atoms with Crippen LogP contribution in [-0.4, -0.2) is 42.8 Å². The molecular weight excluding hydrogens is 350 g/mol. The van der Waals surface area contributed by atoms with Gasteiger partial charge in [0.05, 0.1) is 4.90 Å². The van der Waals surface area contributed by atoms with Crippen molar-refractivity contribution in [1.29, 1.82) is 0 Å². The van der Waals surface area contributed by atoms with E-state index in [1.807, 2.05) is 6.92 Å². The molecule has 9 heteroatoms. The molecule has 0 atom stereocenters. The standard InChI is InChI=1S/C15H15N3O4S2/c1-9-8-16-15(23-9)17(2)14(20)12-13(19)10-6-4-5-7-11(10)24(21,22)18(12)3/h4-8,19H,1-3H3. The van der Waals surface area contributed by atoms with E-state index in [1.165, 1.54) is 42.5 Å². The Balaban J connectivity index is 2.14. The molecule has 0 aliphatic carbocycles. The Morgan fingerprint density at radius 2 is 2.00 bits per heavy atom. The van der Waals surface area contributed by atoms with E-state index >= 15 is 0 Å². The van der Waals surface area contributed by atoms with Crippen LogP contribution in [0.15, 0.2) is 41.1 Å². The SMILES string of the molecule is Cc1cnc(N(C)C(=O)C2=C(O)c3ccccc3S(=O)(=O)N2C)s1. The van der Waals surface area contributed by atoms with E-state index in [0.29, 0.717) is 5.13 Å². The van der Waals surface area contributed by atoms with Crippen molar-refractivity contribution in [2.24, 2.45) is 0 Å². The molecule has 0 bridgehead atoms. The summed E-state index contributed by atoms with van der Waals surface area (Å²) in [6.07, 6.45) is 1.62. The van der Waals surface area contributed by atoms with Crippen LogP contribution in [0.4, 0.5) is 5.13 Å². The average Bonchev–Trinajstić information content (AvgIpc) is 2.99. The molecule has 24 heavy (non-hydrogen) atoms. The third-order valence-corrected chi connectivity index (χ3v) is 6.53. The Hall–Kier alpha value is -2.39. The minimum absolute atomic E-state index is 0.0331. The van der Waals surface area contributed by atoms with Crippen molar-refractivity contribution in [3.63, 3.8) is 0 Å². The number of amides is 1. The number of aliphatic hydroxyl groups excluding tert-OH is 1. The van der Waals surface area contributed by atoms with Crippen LogP contribution in [0, 0.1) is 6.92 Å². The third-order valence-electron chi connectivity index (χ3n) is 3.72. The summed E-state index contributed by atoms with van der Waals surface area (Å²) in [7, 11) is -1.17. The normalized spacial score (nSPS) is 16.0. The minimum Gasteiger partial charge on any atom is -0.505 e. The number of benzene rings is 1. The molecule has 3 rings (SSSR count). The molecule has 1 aliphatic rings. The lowest BCUT2D eigenvalue weighted by atomic mass is 10.1. The average molecular weight is 365 g/mol. The Morgan fingerprint density at radius 1 is 1.33 bits per heavy atom. The highest BCUT2D eigenvalue weighted by Gasteiger charge is 2.39. The number of carbonyl (C=O) groups excluding carboxylic acids is 1. The number of aryl methyl sites for hydroxylation is 1. The monoisotopic (exact) mass is 365 g/mol. The Labute approximate surface area is 143 Å². The summed E-state index contributed by atoms with van der Waals surface area (Å²) in [4.78, 5) is 19.0. The molecule has 2 heterocycles. The lowest BCUT2D eigenvalue weighted by Crippen LogP contribution is -2.40. The molecule has 0 radical (unpaired) electrons. The van der Waals surface area contributed by atoms with Crippen molar-refractivity contribution >= 4 is 38.2 Å². The zero-order valence-electron chi connectivity index (χ0n) is 13.2. The number of anilines is 1. The predicted octanol–water partition coefficient (Wildman–Crippen LogP) is 1.98. The summed E-state index contributed by atoms with van der Waals surface area (Å²) in [5.41, 5.74) is -0.188. The summed E-state index contributed by atoms with van der Waals surface area (Å²) in [6.45, 7) is 1.85. The van der Waals surface area contributed by atoms with Gasteiger partial charge in [-0.25, -0.2) is 13.4 Å². The van der Waals surface area contributed by atoms with Gasteiger partial charge in [-0.3, -0.25) is 14.0 Å². The number of rotatable bonds is 2. The quantitative estimate of drug-likeness (QED) is 0.879. The molecule has 0 saturated carbocycles. The van der Waals surface area contributed by atoms with Crippen LogP contribution in [0.5, 0.6) is 0 Å². The Morgan fingerprint density at radius 3 is 2.62 bits per heavy atom. The van der Waals surface area contributed by atoms with Gasteiger partial charge >= 0.3 is 0 Å². The number of hydrogen-bond acceptors (Lipinski definition) is 6. The molecule has 1 amide bonds. The number of sulfonamides is 1. The van der Waals surface area contributed by atoms with E-state index in [1.54, 1.807) is 18.3 Å². The fourth-order valence-corrected chi connectivity index (χ4v) is 4.52. The topological polar surface area (TPSA) is 90.8 Å². The highest BCUT2D eigenvalue weighted by atomic mass is 32.2. The maximum atomic E-state index is 12.8. The van der Waals surface area contributed by atoms with E-state index < -0.39 is 15.9 Å². The number of nitrogens with zero attached hydrogens (tertiary/aromatic N) is 3. The molecule has 1 aromatic carbocycles. The first-order valence-corrected chi connectivity index (χ1v) is 9.23. The van der Waals surface area contributed by atoms with Gasteiger partial charge in [-0.15, -0.1) is 11.3 Å². The second kappa shape index (κ2) is 5.60. The number of aliphatic hydroxyl groups is 1. The molecule has 1 N–H and O–H groups in total. The lowest BCUT2D eigenvalue weighted by molar-refractivity contribution is -0.115. The van der Waals surface area contributed by atoms with Crippen molar-refractivity contribution in [2.75, 3.05) is 19.0 Å². The highest BCUT2D eigenvalue weighted by molar-refractivity contribution is 7.89. The molecule has 2 aromatic rings. The van der Waals surface area contributed by atoms with Gasteiger partial charge in [0.2, 0.25) is 0 Å². The maximum absolute atomic E-state index is 12.8. The molecule has 0 saturated heterocycles. The fourth-order valence-electron chi connectivity index (χ4n) is 2.41. The van der Waals surface area contributed by atoms with E-state index in [0.717, 1.165) is 9.18 Å². The van der Waals surface area contributed by atoms with E-state index in [2.05, 4.69) is 4.98 Å². The van der Waals surface area contributed by atoms with Gasteiger partial charge in [0.15, 0.2) is 16.6 Å². The van der Waals surface area contributed by atoms with Gasteiger partial charge in [-0.1, -0.05) is 12.1 Å². The fraction of sp³-hybridized carbons (Fsp3) is 0.200. The Bertz CT molecular complexity index is 963. The first-order chi connectivity index (χ1) is 11.2. The van der Waals surface area contributed by atoms with Crippen molar-refractivity contribution in [3.05, 3.63) is 46.6 Å². The zero-order chi connectivity index (χ0) is 17.6. The number of aromatic nitrogens is 1. The van der Waals surface area contributed by atoms with Gasteiger partial charge < -0.3 is 5.11 Å². The number of likely N-dealkylation sites (N-methyl/N-ethyl adjacent to an activating group) is 2. The Kier molecular flexibility index (Phi) is 3.84. The van der Waals surface area contributed by atoms with Crippen LogP contribution in [0.2, 0.25) is 0 Å². The molecule has 1 aliphatic heterocycles. The zero-order valence-corrected chi connectivity index (χ0v) is 14.8.